The lowest BCUT2D eigenvalue weighted by molar-refractivity contribution is -0.385. The van der Waals surface area contributed by atoms with Crippen LogP contribution in [0, 0.1) is 24.0 Å². The minimum absolute atomic E-state index is 0.129. The van der Waals surface area contributed by atoms with E-state index in [0.29, 0.717) is 32.0 Å². The maximum atomic E-state index is 11.0. The van der Waals surface area contributed by atoms with Gasteiger partial charge in [-0.05, 0) is 84.8 Å². The van der Waals surface area contributed by atoms with E-state index in [1.165, 1.54) is 11.1 Å². The van der Waals surface area contributed by atoms with Gasteiger partial charge in [0.2, 0.25) is 0 Å². The molecule has 4 aromatic rings. The molecule has 0 saturated heterocycles. The average Bonchev–Trinajstić information content (AvgIpc) is 3.01. The van der Waals surface area contributed by atoms with Crippen LogP contribution in [0.1, 0.15) is 33.4 Å². The molecule has 0 atom stereocenters. The Bertz CT molecular complexity index is 1610. The van der Waals surface area contributed by atoms with Crippen LogP contribution in [-0.4, -0.2) is 31.4 Å². The highest BCUT2D eigenvalue weighted by Gasteiger charge is 2.13. The topological polar surface area (TPSA) is 106 Å². The number of nitro groups is 1. The molecule has 2 aliphatic heterocycles. The summed E-state index contributed by atoms with van der Waals surface area (Å²) in [5, 5.41) is 11.0. The third-order valence-corrected chi connectivity index (χ3v) is 7.12. The van der Waals surface area contributed by atoms with E-state index in [0.717, 1.165) is 58.2 Å². The van der Waals surface area contributed by atoms with Crippen molar-refractivity contribution in [3.05, 3.63) is 116 Å². The van der Waals surface area contributed by atoms with Crippen LogP contribution in [0.3, 0.4) is 0 Å². The number of nitrogens with two attached hydrogens (primary N) is 1. The number of nitrogens with zero attached hydrogens (tertiary/aromatic N) is 1. The van der Waals surface area contributed by atoms with E-state index in [1.54, 1.807) is 19.1 Å². The number of benzene rings is 4. The first-order valence-corrected chi connectivity index (χ1v) is 13.9. The zero-order chi connectivity index (χ0) is 29.5. The van der Waals surface area contributed by atoms with Crippen molar-refractivity contribution in [2.45, 2.75) is 26.7 Å². The standard InChI is InChI=1S/C17H15NO4.C17H19NO2/c1-12-2-3-13(10-15(12)18(19)20)4-5-14-6-7-16-17(11-14)22-9-8-21-16;1-12-2-3-13(10-15(12)18)4-5-14-6-7-16-17(11-14)20-9-8-19-16/h2-7,10-11H,8-9H2,1H3;2-3,6-7,10-11H,4-5,8-9,18H2,1H3/b5-4+;. The van der Waals surface area contributed by atoms with Crippen LogP contribution >= 0.6 is 0 Å². The van der Waals surface area contributed by atoms with Gasteiger partial charge in [-0.2, -0.15) is 0 Å². The number of nitrogen functional groups attached to an aromatic ring is 1. The normalized spacial score (nSPS) is 13.3. The van der Waals surface area contributed by atoms with E-state index in [2.05, 4.69) is 30.3 Å². The molecule has 2 heterocycles. The van der Waals surface area contributed by atoms with Gasteiger partial charge in [-0.25, -0.2) is 0 Å². The number of nitro benzene ring substituents is 1. The number of rotatable bonds is 6. The van der Waals surface area contributed by atoms with Crippen LogP contribution in [-0.2, 0) is 12.8 Å². The van der Waals surface area contributed by atoms with Crippen LogP contribution in [0.15, 0.2) is 72.8 Å². The molecule has 42 heavy (non-hydrogen) atoms. The van der Waals surface area contributed by atoms with Crippen molar-refractivity contribution in [1.29, 1.82) is 0 Å². The Labute approximate surface area is 245 Å². The molecule has 6 rings (SSSR count). The van der Waals surface area contributed by atoms with E-state index in [-0.39, 0.29) is 10.6 Å². The molecule has 0 bridgehead atoms. The molecule has 0 fully saturated rings. The largest absolute Gasteiger partial charge is 0.486 e. The zero-order valence-electron chi connectivity index (χ0n) is 23.8. The summed E-state index contributed by atoms with van der Waals surface area (Å²) in [6, 6.07) is 23.3. The Hall–Kier alpha value is -4.98. The molecule has 0 saturated carbocycles. The highest BCUT2D eigenvalue weighted by Crippen LogP contribution is 2.32. The number of aryl methyl sites for hydroxylation is 4. The molecule has 0 aliphatic carbocycles. The van der Waals surface area contributed by atoms with Crippen molar-refractivity contribution < 1.29 is 23.9 Å². The Kier molecular flexibility index (Phi) is 8.92. The van der Waals surface area contributed by atoms with Crippen molar-refractivity contribution in [2.75, 3.05) is 32.2 Å². The quantitative estimate of drug-likeness (QED) is 0.116. The van der Waals surface area contributed by atoms with Gasteiger partial charge >= 0.3 is 0 Å². The van der Waals surface area contributed by atoms with Crippen molar-refractivity contribution in [3.8, 4) is 23.0 Å². The SMILES string of the molecule is Cc1ccc(/C=C/c2ccc3c(c2)OCCO3)cc1[N+](=O)[O-].Cc1ccc(CCc2ccc3c(c2)OCCO3)cc1N. The third kappa shape index (κ3) is 7.20. The highest BCUT2D eigenvalue weighted by atomic mass is 16.6. The second-order valence-corrected chi connectivity index (χ2v) is 10.2. The lowest BCUT2D eigenvalue weighted by Crippen LogP contribution is -2.15. The summed E-state index contributed by atoms with van der Waals surface area (Å²) in [6.07, 6.45) is 5.69. The molecule has 8 nitrogen and oxygen atoms in total. The van der Waals surface area contributed by atoms with E-state index < -0.39 is 0 Å². The summed E-state index contributed by atoms with van der Waals surface area (Å²) >= 11 is 0. The fourth-order valence-electron chi connectivity index (χ4n) is 4.66. The smallest absolute Gasteiger partial charge is 0.272 e. The van der Waals surface area contributed by atoms with Crippen molar-refractivity contribution >= 4 is 23.5 Å². The maximum Gasteiger partial charge on any atom is 0.272 e. The fraction of sp³-hybridized carbons (Fsp3) is 0.235. The number of fused-ring (bicyclic) bond motifs is 2. The molecule has 0 spiro atoms. The van der Waals surface area contributed by atoms with Crippen molar-refractivity contribution in [2.24, 2.45) is 0 Å². The van der Waals surface area contributed by atoms with Gasteiger partial charge in [0, 0.05) is 17.3 Å². The molecule has 216 valence electrons. The van der Waals surface area contributed by atoms with Gasteiger partial charge in [-0.1, -0.05) is 48.6 Å². The number of hydrogen-bond donors (Lipinski definition) is 1. The third-order valence-electron chi connectivity index (χ3n) is 7.12. The monoisotopic (exact) mass is 566 g/mol. The highest BCUT2D eigenvalue weighted by molar-refractivity contribution is 5.72. The minimum atomic E-state index is -0.364. The molecule has 4 aromatic carbocycles. The second kappa shape index (κ2) is 13.1. The number of anilines is 1. The van der Waals surface area contributed by atoms with Gasteiger partial charge in [-0.15, -0.1) is 0 Å². The zero-order valence-corrected chi connectivity index (χ0v) is 23.8. The van der Waals surface area contributed by atoms with E-state index in [1.807, 2.05) is 49.4 Å². The molecule has 0 unspecified atom stereocenters. The first kappa shape index (κ1) is 28.5. The van der Waals surface area contributed by atoms with Gasteiger partial charge in [-0.3, -0.25) is 10.1 Å². The molecule has 2 N–H and O–H groups in total. The number of hydrogen-bond acceptors (Lipinski definition) is 7. The summed E-state index contributed by atoms with van der Waals surface area (Å²) in [7, 11) is 0. The Balaban J connectivity index is 0.000000169. The van der Waals surface area contributed by atoms with Crippen LogP contribution in [0.5, 0.6) is 23.0 Å². The van der Waals surface area contributed by atoms with Crippen LogP contribution in [0.25, 0.3) is 12.2 Å². The summed E-state index contributed by atoms with van der Waals surface area (Å²) in [5.41, 5.74) is 13.0. The van der Waals surface area contributed by atoms with E-state index >= 15 is 0 Å². The lowest BCUT2D eigenvalue weighted by atomic mass is 10.0. The summed E-state index contributed by atoms with van der Waals surface area (Å²) in [6.45, 7) is 6.13. The first-order valence-electron chi connectivity index (χ1n) is 13.9. The second-order valence-electron chi connectivity index (χ2n) is 10.2. The summed E-state index contributed by atoms with van der Waals surface area (Å²) in [4.78, 5) is 10.6. The van der Waals surface area contributed by atoms with Crippen molar-refractivity contribution in [1.82, 2.24) is 0 Å². The van der Waals surface area contributed by atoms with Crippen LogP contribution in [0.2, 0.25) is 0 Å². The molecule has 8 heteroatoms. The minimum Gasteiger partial charge on any atom is -0.486 e. The van der Waals surface area contributed by atoms with Gasteiger partial charge in [0.05, 0.1) is 4.92 Å². The fourth-order valence-corrected chi connectivity index (χ4v) is 4.66. The predicted molar refractivity (Wildman–Crippen MR) is 165 cm³/mol. The lowest BCUT2D eigenvalue weighted by Gasteiger charge is -2.18. The first-order chi connectivity index (χ1) is 20.4. The van der Waals surface area contributed by atoms with Gasteiger partial charge in [0.15, 0.2) is 23.0 Å². The van der Waals surface area contributed by atoms with Gasteiger partial charge < -0.3 is 24.7 Å². The number of ether oxygens (including phenoxy) is 4. The Morgan fingerprint density at radius 2 is 1.17 bits per heavy atom. The maximum absolute atomic E-state index is 11.0. The summed E-state index contributed by atoms with van der Waals surface area (Å²) < 4.78 is 22.1. The Morgan fingerprint density at radius 3 is 1.81 bits per heavy atom. The summed E-state index contributed by atoms with van der Waals surface area (Å²) in [5.74, 6) is 3.18. The van der Waals surface area contributed by atoms with E-state index in [9.17, 15) is 10.1 Å². The van der Waals surface area contributed by atoms with Crippen LogP contribution < -0.4 is 24.7 Å². The van der Waals surface area contributed by atoms with Crippen LogP contribution in [0.4, 0.5) is 11.4 Å². The molecule has 0 radical (unpaired) electrons. The molecular formula is C34H34N2O6. The molecule has 0 aromatic heterocycles. The Morgan fingerprint density at radius 1 is 0.667 bits per heavy atom. The molecular weight excluding hydrogens is 532 g/mol. The van der Waals surface area contributed by atoms with Gasteiger partial charge in [0.25, 0.3) is 5.69 Å². The average molecular weight is 567 g/mol. The van der Waals surface area contributed by atoms with E-state index in [4.69, 9.17) is 24.7 Å². The van der Waals surface area contributed by atoms with Gasteiger partial charge in [0.1, 0.15) is 26.4 Å². The molecule has 2 aliphatic rings. The van der Waals surface area contributed by atoms with Crippen molar-refractivity contribution in [3.63, 3.8) is 0 Å². The molecule has 0 amide bonds. The predicted octanol–water partition coefficient (Wildman–Crippen LogP) is 6.98.